The van der Waals surface area contributed by atoms with Crippen LogP contribution in [0.1, 0.15) is 46.9 Å². The first-order valence-electron chi connectivity index (χ1n) is 10.8. The van der Waals surface area contributed by atoms with Crippen molar-refractivity contribution in [1.29, 1.82) is 5.26 Å². The van der Waals surface area contributed by atoms with Gasteiger partial charge in [0.15, 0.2) is 0 Å². The van der Waals surface area contributed by atoms with Crippen molar-refractivity contribution in [2.45, 2.75) is 32.4 Å². The minimum atomic E-state index is -3.84. The highest BCUT2D eigenvalue weighted by Crippen LogP contribution is 2.28. The van der Waals surface area contributed by atoms with Gasteiger partial charge in [-0.1, -0.05) is 42.4 Å². The van der Waals surface area contributed by atoms with Crippen LogP contribution in [-0.2, 0) is 20.6 Å². The number of carbonyl (C=O) groups is 2. The number of sulfonamides is 1. The van der Waals surface area contributed by atoms with Gasteiger partial charge in [-0.2, -0.15) is 5.26 Å². The summed E-state index contributed by atoms with van der Waals surface area (Å²) in [5, 5.41) is 9.99. The van der Waals surface area contributed by atoms with Crippen LogP contribution in [0.3, 0.4) is 0 Å². The topological polar surface area (TPSA) is 120 Å². The van der Waals surface area contributed by atoms with Gasteiger partial charge in [-0.05, 0) is 49.3 Å². The van der Waals surface area contributed by atoms with Gasteiger partial charge in [-0.25, -0.2) is 13.4 Å². The first-order valence-corrected chi connectivity index (χ1v) is 13.8. The number of halogens is 1. The van der Waals surface area contributed by atoms with E-state index in [9.17, 15) is 23.3 Å². The molecule has 0 unspecified atom stereocenters. The number of benzene rings is 1. The van der Waals surface area contributed by atoms with Crippen molar-refractivity contribution in [1.82, 2.24) is 9.71 Å². The molecule has 1 aromatic heterocycles. The maximum absolute atomic E-state index is 12.6. The third-order valence-electron chi connectivity index (χ3n) is 5.50. The molecule has 1 N–H and O–H groups in total. The molecule has 180 valence electrons. The van der Waals surface area contributed by atoms with E-state index in [-0.39, 0.29) is 10.9 Å². The van der Waals surface area contributed by atoms with E-state index in [4.69, 9.17) is 11.6 Å². The third-order valence-corrected chi connectivity index (χ3v) is 7.75. The molecule has 8 nitrogen and oxygen atoms in total. The molecule has 1 saturated heterocycles. The van der Waals surface area contributed by atoms with Gasteiger partial charge < -0.3 is 4.90 Å². The van der Waals surface area contributed by atoms with Gasteiger partial charge >= 0.3 is 0 Å². The Labute approximate surface area is 208 Å². The molecule has 1 aliphatic heterocycles. The SMILES string of the molecule is CCSC(=O)c1cc(C#N)c(N2CCC(C(=O)NS(=O)(=O)Cc3ccc(Cl)cc3)CC2)nc1C. The zero-order chi connectivity index (χ0) is 24.9. The summed E-state index contributed by atoms with van der Waals surface area (Å²) in [6.45, 7) is 4.49. The second-order valence-corrected chi connectivity index (χ2v) is 11.3. The average molecular weight is 521 g/mol. The van der Waals surface area contributed by atoms with Gasteiger partial charge in [0.2, 0.25) is 21.0 Å². The van der Waals surface area contributed by atoms with E-state index < -0.39 is 21.8 Å². The molecule has 0 spiro atoms. The number of hydrogen-bond acceptors (Lipinski definition) is 8. The van der Waals surface area contributed by atoms with Crippen LogP contribution in [0, 0.1) is 24.2 Å². The van der Waals surface area contributed by atoms with E-state index >= 15 is 0 Å². The van der Waals surface area contributed by atoms with Gasteiger partial charge in [0.25, 0.3) is 0 Å². The number of amides is 1. The molecule has 0 saturated carbocycles. The molecule has 1 aliphatic rings. The highest BCUT2D eigenvalue weighted by atomic mass is 35.5. The van der Waals surface area contributed by atoms with Gasteiger partial charge in [0.1, 0.15) is 11.9 Å². The maximum Gasteiger partial charge on any atom is 0.239 e. The number of aromatic nitrogens is 1. The number of thioether (sulfide) groups is 1. The number of nitrogens with zero attached hydrogens (tertiary/aromatic N) is 3. The summed E-state index contributed by atoms with van der Waals surface area (Å²) in [6.07, 6.45) is 0.834. The molecule has 0 atom stereocenters. The van der Waals surface area contributed by atoms with Crippen LogP contribution in [0.15, 0.2) is 30.3 Å². The molecule has 0 aliphatic carbocycles. The van der Waals surface area contributed by atoms with Crippen molar-refractivity contribution in [3.63, 3.8) is 0 Å². The number of pyridine rings is 1. The Bertz CT molecular complexity index is 1220. The second-order valence-electron chi connectivity index (χ2n) is 7.94. The summed E-state index contributed by atoms with van der Waals surface area (Å²) in [6, 6.07) is 10.1. The zero-order valence-electron chi connectivity index (χ0n) is 18.9. The van der Waals surface area contributed by atoms with E-state index in [0.717, 1.165) is 0 Å². The lowest BCUT2D eigenvalue weighted by atomic mass is 9.96. The molecule has 1 fully saturated rings. The van der Waals surface area contributed by atoms with Gasteiger partial charge in [0, 0.05) is 24.0 Å². The Kier molecular flexibility index (Phi) is 8.57. The zero-order valence-corrected chi connectivity index (χ0v) is 21.3. The molecule has 0 bridgehead atoms. The Hall–Kier alpha value is -2.61. The predicted octanol–water partition coefficient (Wildman–Crippen LogP) is 3.67. The number of piperidine rings is 1. The minimum absolute atomic E-state index is 0.120. The third kappa shape index (κ3) is 6.50. The van der Waals surface area contributed by atoms with Crippen molar-refractivity contribution >= 4 is 50.2 Å². The van der Waals surface area contributed by atoms with Crippen LogP contribution in [0.5, 0.6) is 0 Å². The molecule has 1 aromatic carbocycles. The first-order chi connectivity index (χ1) is 16.1. The van der Waals surface area contributed by atoms with E-state index in [1.165, 1.54) is 11.8 Å². The molecule has 2 aromatic rings. The van der Waals surface area contributed by atoms with Crippen LogP contribution < -0.4 is 9.62 Å². The van der Waals surface area contributed by atoms with Crippen molar-refractivity contribution in [2.75, 3.05) is 23.7 Å². The van der Waals surface area contributed by atoms with Crippen LogP contribution in [-0.4, -0.2) is 43.3 Å². The molecule has 3 rings (SSSR count). The van der Waals surface area contributed by atoms with Crippen LogP contribution in [0.4, 0.5) is 5.82 Å². The molecule has 2 heterocycles. The lowest BCUT2D eigenvalue weighted by Gasteiger charge is -2.32. The van der Waals surface area contributed by atoms with E-state index in [1.54, 1.807) is 37.3 Å². The summed E-state index contributed by atoms with van der Waals surface area (Å²) in [5.41, 5.74) is 1.81. The Balaban J connectivity index is 1.64. The molecule has 0 radical (unpaired) electrons. The summed E-state index contributed by atoms with van der Waals surface area (Å²) in [5.74, 6) is -0.203. The Morgan fingerprint density at radius 2 is 1.91 bits per heavy atom. The van der Waals surface area contributed by atoms with Crippen LogP contribution >= 0.6 is 23.4 Å². The summed E-state index contributed by atoms with van der Waals surface area (Å²) in [4.78, 5) is 31.3. The summed E-state index contributed by atoms with van der Waals surface area (Å²) in [7, 11) is -3.84. The fraction of sp³-hybridized carbons (Fsp3) is 0.391. The lowest BCUT2D eigenvalue weighted by Crippen LogP contribution is -2.43. The van der Waals surface area contributed by atoms with Crippen molar-refractivity contribution in [3.8, 4) is 6.07 Å². The number of carbonyl (C=O) groups excluding carboxylic acids is 2. The molecular formula is C23H25ClN4O4S2. The van der Waals surface area contributed by atoms with Crippen molar-refractivity contribution in [3.05, 3.63) is 57.7 Å². The molecular weight excluding hydrogens is 496 g/mol. The highest BCUT2D eigenvalue weighted by molar-refractivity contribution is 8.14. The fourth-order valence-corrected chi connectivity index (χ4v) is 5.68. The normalized spacial score (nSPS) is 14.5. The second kappa shape index (κ2) is 11.2. The molecule has 11 heteroatoms. The fourth-order valence-electron chi connectivity index (χ4n) is 3.76. The monoisotopic (exact) mass is 520 g/mol. The summed E-state index contributed by atoms with van der Waals surface area (Å²) >= 11 is 6.99. The van der Waals surface area contributed by atoms with Gasteiger partial charge in [-0.3, -0.25) is 14.3 Å². The lowest BCUT2D eigenvalue weighted by molar-refractivity contribution is -0.123. The van der Waals surface area contributed by atoms with Gasteiger partial charge in [0.05, 0.1) is 22.6 Å². The smallest absolute Gasteiger partial charge is 0.239 e. The van der Waals surface area contributed by atoms with E-state index in [2.05, 4.69) is 15.8 Å². The number of aryl methyl sites for hydroxylation is 1. The standard InChI is InChI=1S/C23H25ClN4O4S2/c1-3-33-23(30)20-12-18(13-25)21(26-15(20)2)28-10-8-17(9-11-28)22(29)27-34(31,32)14-16-4-6-19(24)7-5-16/h4-7,12,17H,3,8-11,14H2,1-2H3,(H,27,29). The van der Waals surface area contributed by atoms with Crippen molar-refractivity contribution in [2.24, 2.45) is 5.92 Å². The Morgan fingerprint density at radius 3 is 2.50 bits per heavy atom. The average Bonchev–Trinajstić information content (AvgIpc) is 2.80. The van der Waals surface area contributed by atoms with E-state index in [0.29, 0.717) is 64.9 Å². The largest absolute Gasteiger partial charge is 0.355 e. The highest BCUT2D eigenvalue weighted by Gasteiger charge is 2.29. The van der Waals surface area contributed by atoms with Gasteiger partial charge in [-0.15, -0.1) is 0 Å². The maximum atomic E-state index is 12.6. The number of rotatable bonds is 7. The quantitative estimate of drug-likeness (QED) is 0.587. The van der Waals surface area contributed by atoms with Crippen molar-refractivity contribution < 1.29 is 18.0 Å². The summed E-state index contributed by atoms with van der Waals surface area (Å²) < 4.78 is 27.0. The molecule has 1 amide bonds. The van der Waals surface area contributed by atoms with E-state index in [1.807, 2.05) is 11.8 Å². The van der Waals surface area contributed by atoms with Crippen LogP contribution in [0.2, 0.25) is 5.02 Å². The number of nitriles is 1. The number of anilines is 1. The Morgan fingerprint density at radius 1 is 1.26 bits per heavy atom. The van der Waals surface area contributed by atoms with Crippen LogP contribution in [0.25, 0.3) is 0 Å². The molecule has 34 heavy (non-hydrogen) atoms. The number of hydrogen-bond donors (Lipinski definition) is 1. The minimum Gasteiger partial charge on any atom is -0.355 e. The number of nitrogens with one attached hydrogen (secondary N) is 1. The first kappa shape index (κ1) is 26.0. The predicted molar refractivity (Wildman–Crippen MR) is 133 cm³/mol.